The topological polar surface area (TPSA) is 41.6 Å². The van der Waals surface area contributed by atoms with Gasteiger partial charge in [-0.25, -0.2) is 4.79 Å². The van der Waals surface area contributed by atoms with E-state index in [-0.39, 0.29) is 11.1 Å². The number of carbonyl (C=O) groups excluding carboxylic acids is 1. The lowest BCUT2D eigenvalue weighted by atomic mass is 10.2. The van der Waals surface area contributed by atoms with Crippen LogP contribution in [0.2, 0.25) is 0 Å². The number of rotatable bonds is 8. The van der Waals surface area contributed by atoms with Crippen LogP contribution in [-0.4, -0.2) is 29.1 Å². The van der Waals surface area contributed by atoms with Crippen LogP contribution in [0.4, 0.5) is 10.5 Å². The molecule has 0 heterocycles. The summed E-state index contributed by atoms with van der Waals surface area (Å²) in [5.41, 5.74) is 0.789. The molecule has 2 amide bonds. The van der Waals surface area contributed by atoms with Crippen LogP contribution < -0.4 is 10.1 Å². The number of ether oxygens (including phenoxy) is 1. The SMILES string of the molecule is CCN(CCCC1CC1)C(=O)Nc1ccc(OC(C)(P)P)cc1. The first-order chi connectivity index (χ1) is 10.9. The fourth-order valence-corrected chi connectivity index (χ4v) is 2.72. The van der Waals surface area contributed by atoms with Crippen LogP contribution in [0.1, 0.15) is 39.5 Å². The number of hydrogen-bond acceptors (Lipinski definition) is 2. The second-order valence-electron chi connectivity index (χ2n) is 6.41. The van der Waals surface area contributed by atoms with Crippen molar-refractivity contribution in [3.05, 3.63) is 24.3 Å². The Hall–Kier alpha value is -0.850. The van der Waals surface area contributed by atoms with Crippen LogP contribution in [0, 0.1) is 5.92 Å². The number of nitrogens with one attached hydrogen (secondary N) is 1. The molecule has 0 aliphatic heterocycles. The molecule has 0 bridgehead atoms. The number of nitrogens with zero attached hydrogens (tertiary/aromatic N) is 1. The molecule has 23 heavy (non-hydrogen) atoms. The van der Waals surface area contributed by atoms with Gasteiger partial charge in [0.1, 0.15) is 10.8 Å². The minimum Gasteiger partial charge on any atom is -0.480 e. The van der Waals surface area contributed by atoms with Gasteiger partial charge in [-0.15, -0.1) is 0 Å². The first-order valence-corrected chi connectivity index (χ1v) is 9.45. The van der Waals surface area contributed by atoms with Gasteiger partial charge >= 0.3 is 6.03 Å². The first kappa shape index (κ1) is 18.5. The largest absolute Gasteiger partial charge is 0.480 e. The summed E-state index contributed by atoms with van der Waals surface area (Å²) in [6.07, 6.45) is 5.09. The zero-order valence-corrected chi connectivity index (χ0v) is 16.4. The van der Waals surface area contributed by atoms with Gasteiger partial charge in [0, 0.05) is 18.8 Å². The van der Waals surface area contributed by atoms with E-state index < -0.39 is 0 Å². The Labute approximate surface area is 144 Å². The molecule has 0 saturated heterocycles. The Bertz CT molecular complexity index is 510. The van der Waals surface area contributed by atoms with Crippen molar-refractivity contribution >= 4 is 30.2 Å². The zero-order chi connectivity index (χ0) is 16.9. The highest BCUT2D eigenvalue weighted by molar-refractivity contribution is 7.39. The van der Waals surface area contributed by atoms with E-state index in [1.54, 1.807) is 0 Å². The molecule has 0 aromatic heterocycles. The molecule has 6 heteroatoms. The number of urea groups is 1. The van der Waals surface area contributed by atoms with E-state index >= 15 is 0 Å². The van der Waals surface area contributed by atoms with E-state index in [2.05, 4.69) is 23.8 Å². The van der Waals surface area contributed by atoms with Crippen molar-refractivity contribution in [3.8, 4) is 5.75 Å². The second kappa shape index (κ2) is 8.31. The van der Waals surface area contributed by atoms with Crippen molar-refractivity contribution in [1.29, 1.82) is 0 Å². The summed E-state index contributed by atoms with van der Waals surface area (Å²) in [4.78, 5) is 14.2. The summed E-state index contributed by atoms with van der Waals surface area (Å²) in [6.45, 7) is 5.53. The van der Waals surface area contributed by atoms with E-state index in [0.717, 1.165) is 36.9 Å². The van der Waals surface area contributed by atoms with Crippen LogP contribution in [0.25, 0.3) is 0 Å². The van der Waals surface area contributed by atoms with Gasteiger partial charge in [0.15, 0.2) is 0 Å². The van der Waals surface area contributed by atoms with Crippen molar-refractivity contribution < 1.29 is 9.53 Å². The van der Waals surface area contributed by atoms with Gasteiger partial charge in [0.2, 0.25) is 0 Å². The second-order valence-corrected chi connectivity index (χ2v) is 9.37. The molecule has 2 rings (SSSR count). The van der Waals surface area contributed by atoms with Crippen molar-refractivity contribution in [2.45, 2.75) is 44.6 Å². The number of amides is 2. The van der Waals surface area contributed by atoms with Gasteiger partial charge in [-0.05, 0) is 56.9 Å². The summed E-state index contributed by atoms with van der Waals surface area (Å²) < 4.78 is 5.71. The van der Waals surface area contributed by atoms with E-state index in [4.69, 9.17) is 4.74 Å². The van der Waals surface area contributed by atoms with E-state index in [1.807, 2.05) is 43.0 Å². The predicted molar refractivity (Wildman–Crippen MR) is 103 cm³/mol. The average molecular weight is 354 g/mol. The van der Waals surface area contributed by atoms with Gasteiger partial charge in [0.05, 0.1) is 0 Å². The quantitative estimate of drug-likeness (QED) is 0.697. The van der Waals surface area contributed by atoms with Crippen molar-refractivity contribution in [2.24, 2.45) is 5.92 Å². The van der Waals surface area contributed by atoms with Crippen LogP contribution in [0.5, 0.6) is 5.75 Å². The Balaban J connectivity index is 1.82. The molecule has 1 fully saturated rings. The maximum atomic E-state index is 12.3. The molecule has 0 radical (unpaired) electrons. The predicted octanol–water partition coefficient (Wildman–Crippen LogP) is 4.53. The number of benzene rings is 1. The Morgan fingerprint density at radius 1 is 1.35 bits per heavy atom. The van der Waals surface area contributed by atoms with E-state index in [1.165, 1.54) is 19.3 Å². The monoisotopic (exact) mass is 354 g/mol. The Morgan fingerprint density at radius 2 is 2.00 bits per heavy atom. The minimum atomic E-state index is -0.384. The third-order valence-corrected chi connectivity index (χ3v) is 4.09. The van der Waals surface area contributed by atoms with E-state index in [0.29, 0.717) is 0 Å². The fourth-order valence-electron chi connectivity index (χ4n) is 2.44. The first-order valence-electron chi connectivity index (χ1n) is 8.30. The summed E-state index contributed by atoms with van der Waals surface area (Å²) in [7, 11) is 5.23. The lowest BCUT2D eigenvalue weighted by Crippen LogP contribution is -2.35. The molecule has 128 valence electrons. The maximum absolute atomic E-state index is 12.3. The third kappa shape index (κ3) is 7.06. The van der Waals surface area contributed by atoms with Crippen LogP contribution in [0.3, 0.4) is 0 Å². The Kier molecular flexibility index (Phi) is 6.68. The summed E-state index contributed by atoms with van der Waals surface area (Å²) >= 11 is 0. The molecular weight excluding hydrogens is 326 g/mol. The lowest BCUT2D eigenvalue weighted by molar-refractivity contribution is 0.213. The number of anilines is 1. The molecule has 1 aliphatic rings. The smallest absolute Gasteiger partial charge is 0.321 e. The molecule has 1 aliphatic carbocycles. The highest BCUT2D eigenvalue weighted by atomic mass is 31.1. The van der Waals surface area contributed by atoms with Gasteiger partial charge in [-0.2, -0.15) is 0 Å². The molecule has 0 spiro atoms. The van der Waals surface area contributed by atoms with Gasteiger partial charge in [0.25, 0.3) is 0 Å². The standard InChI is InChI=1S/C17H28N2O2P2/c1-3-19(12-4-5-13-6-7-13)16(20)18-14-8-10-15(11-9-14)21-17(2,22)23/h8-11,13H,3-7,12,22-23H2,1-2H3,(H,18,20). The fraction of sp³-hybridized carbons (Fsp3) is 0.588. The molecule has 2 atom stereocenters. The highest BCUT2D eigenvalue weighted by Crippen LogP contribution is 2.33. The molecule has 1 aromatic rings. The average Bonchev–Trinajstić information content (AvgIpc) is 3.28. The Morgan fingerprint density at radius 3 is 2.52 bits per heavy atom. The maximum Gasteiger partial charge on any atom is 0.321 e. The van der Waals surface area contributed by atoms with Crippen LogP contribution in [0.15, 0.2) is 24.3 Å². The highest BCUT2D eigenvalue weighted by Gasteiger charge is 2.21. The van der Waals surface area contributed by atoms with Crippen LogP contribution in [-0.2, 0) is 0 Å². The van der Waals surface area contributed by atoms with Gasteiger partial charge in [-0.3, -0.25) is 0 Å². The lowest BCUT2D eigenvalue weighted by Gasteiger charge is -2.22. The van der Waals surface area contributed by atoms with Crippen molar-refractivity contribution in [2.75, 3.05) is 18.4 Å². The molecule has 1 N–H and O–H groups in total. The minimum absolute atomic E-state index is 0.0288. The van der Waals surface area contributed by atoms with Crippen molar-refractivity contribution in [3.63, 3.8) is 0 Å². The summed E-state index contributed by atoms with van der Waals surface area (Å²) in [6, 6.07) is 7.44. The number of carbonyl (C=O) groups is 1. The molecular formula is C17H28N2O2P2. The number of hydrogen-bond donors (Lipinski definition) is 1. The van der Waals surface area contributed by atoms with Gasteiger partial charge < -0.3 is 15.0 Å². The zero-order valence-electron chi connectivity index (χ0n) is 14.0. The summed E-state index contributed by atoms with van der Waals surface area (Å²) in [5, 5.41) is 2.57. The molecule has 4 nitrogen and oxygen atoms in total. The van der Waals surface area contributed by atoms with Crippen molar-refractivity contribution in [1.82, 2.24) is 4.90 Å². The molecule has 1 aromatic carbocycles. The summed E-state index contributed by atoms with van der Waals surface area (Å²) in [5.74, 6) is 1.69. The third-order valence-electron chi connectivity index (χ3n) is 3.85. The van der Waals surface area contributed by atoms with Gasteiger partial charge in [-0.1, -0.05) is 31.3 Å². The van der Waals surface area contributed by atoms with E-state index in [9.17, 15) is 4.79 Å². The molecule has 2 unspecified atom stereocenters. The molecule has 1 saturated carbocycles. The van der Waals surface area contributed by atoms with Crippen LogP contribution >= 0.6 is 18.5 Å². The normalized spacial score (nSPS) is 14.4.